The average molecular weight is 251 g/mol. The normalized spacial score (nSPS) is 12.6. The lowest BCUT2D eigenvalue weighted by Crippen LogP contribution is -2.18. The van der Waals surface area contributed by atoms with Crippen molar-refractivity contribution in [1.82, 2.24) is 10.5 Å². The maximum absolute atomic E-state index is 6.13. The monoisotopic (exact) mass is 250 g/mol. The smallest absolute Gasteiger partial charge is 0.150 e. The number of rotatable bonds is 4. The van der Waals surface area contributed by atoms with Gasteiger partial charge in [-0.2, -0.15) is 0 Å². The topological polar surface area (TPSA) is 38.1 Å². The van der Waals surface area contributed by atoms with Crippen molar-refractivity contribution in [2.75, 3.05) is 0 Å². The molecular weight excluding hydrogens is 236 g/mol. The molecule has 0 fully saturated rings. The number of aryl methyl sites for hydroxylation is 1. The van der Waals surface area contributed by atoms with Gasteiger partial charge in [0, 0.05) is 17.1 Å². The average Bonchev–Trinajstić information content (AvgIpc) is 2.73. The Morgan fingerprint density at radius 2 is 2.18 bits per heavy atom. The van der Waals surface area contributed by atoms with E-state index in [4.69, 9.17) is 16.1 Å². The largest absolute Gasteiger partial charge is 0.360 e. The van der Waals surface area contributed by atoms with Crippen molar-refractivity contribution in [2.24, 2.45) is 0 Å². The summed E-state index contributed by atoms with van der Waals surface area (Å²) in [6.45, 7) is 4.63. The first-order chi connectivity index (χ1) is 8.16. The molecule has 1 N–H and O–H groups in total. The Morgan fingerprint density at radius 1 is 1.41 bits per heavy atom. The van der Waals surface area contributed by atoms with Gasteiger partial charge in [-0.3, -0.25) is 0 Å². The zero-order valence-corrected chi connectivity index (χ0v) is 10.7. The number of nitrogens with one attached hydrogen (secondary N) is 1. The fourth-order valence-corrected chi connectivity index (χ4v) is 1.99. The second-order valence-electron chi connectivity index (χ2n) is 4.06. The number of aromatic nitrogens is 1. The van der Waals surface area contributed by atoms with Crippen molar-refractivity contribution < 1.29 is 4.52 Å². The summed E-state index contributed by atoms with van der Waals surface area (Å²) in [4.78, 5) is 0. The van der Waals surface area contributed by atoms with Crippen LogP contribution in [0.15, 0.2) is 34.9 Å². The van der Waals surface area contributed by atoms with Crippen LogP contribution in [0.25, 0.3) is 0 Å². The lowest BCUT2D eigenvalue weighted by atomic mass is 10.1. The lowest BCUT2D eigenvalue weighted by Gasteiger charge is -2.14. The highest BCUT2D eigenvalue weighted by molar-refractivity contribution is 6.31. The molecule has 4 heteroatoms. The van der Waals surface area contributed by atoms with Gasteiger partial charge in [-0.05, 0) is 25.5 Å². The number of halogens is 1. The third kappa shape index (κ3) is 3.08. The summed E-state index contributed by atoms with van der Waals surface area (Å²) in [5, 5.41) is 7.97. The Morgan fingerprint density at radius 3 is 2.82 bits per heavy atom. The molecule has 2 rings (SSSR count). The van der Waals surface area contributed by atoms with Crippen LogP contribution in [0.4, 0.5) is 0 Å². The Bertz CT molecular complexity index is 496. The number of hydrogen-bond acceptors (Lipinski definition) is 3. The third-order valence-electron chi connectivity index (χ3n) is 2.63. The fourth-order valence-electron chi connectivity index (χ4n) is 1.69. The van der Waals surface area contributed by atoms with Crippen LogP contribution in [0.1, 0.15) is 30.0 Å². The molecule has 2 aromatic rings. The first-order valence-corrected chi connectivity index (χ1v) is 5.94. The van der Waals surface area contributed by atoms with Crippen LogP contribution in [-0.4, -0.2) is 5.16 Å². The third-order valence-corrected chi connectivity index (χ3v) is 2.98. The summed E-state index contributed by atoms with van der Waals surface area (Å²) < 4.78 is 5.14. The van der Waals surface area contributed by atoms with Gasteiger partial charge in [0.05, 0.1) is 12.2 Å². The molecule has 17 heavy (non-hydrogen) atoms. The molecule has 0 aliphatic heterocycles. The van der Waals surface area contributed by atoms with E-state index in [1.807, 2.05) is 37.3 Å². The molecule has 0 saturated carbocycles. The Kier molecular flexibility index (Phi) is 3.82. The van der Waals surface area contributed by atoms with Gasteiger partial charge >= 0.3 is 0 Å². The molecular formula is C13H15ClN2O. The van der Waals surface area contributed by atoms with Crippen LogP contribution in [-0.2, 0) is 6.54 Å². The molecule has 1 aromatic heterocycles. The predicted octanol–water partition coefficient (Wildman–Crippen LogP) is 3.49. The first kappa shape index (κ1) is 12.1. The van der Waals surface area contributed by atoms with Gasteiger partial charge in [-0.15, -0.1) is 0 Å². The van der Waals surface area contributed by atoms with Gasteiger partial charge in [0.1, 0.15) is 0 Å². The number of benzene rings is 1. The molecule has 0 spiro atoms. The highest BCUT2D eigenvalue weighted by Gasteiger charge is 2.09. The molecule has 1 heterocycles. The van der Waals surface area contributed by atoms with Crippen molar-refractivity contribution >= 4 is 11.6 Å². The van der Waals surface area contributed by atoms with E-state index in [1.165, 1.54) is 0 Å². The van der Waals surface area contributed by atoms with Crippen molar-refractivity contribution in [3.8, 4) is 0 Å². The zero-order chi connectivity index (χ0) is 12.3. The molecule has 1 aromatic carbocycles. The summed E-state index contributed by atoms with van der Waals surface area (Å²) in [6.07, 6.45) is 0. The van der Waals surface area contributed by atoms with Gasteiger partial charge in [-0.25, -0.2) is 0 Å². The minimum atomic E-state index is 0.175. The SMILES string of the molecule is Cc1cc(CNC(C)c2ccccc2Cl)on1. The molecule has 0 aliphatic carbocycles. The van der Waals surface area contributed by atoms with Crippen LogP contribution in [0.5, 0.6) is 0 Å². The number of hydrogen-bond donors (Lipinski definition) is 1. The summed E-state index contributed by atoms with van der Waals surface area (Å²) in [5.41, 5.74) is 1.98. The van der Waals surface area contributed by atoms with Crippen molar-refractivity contribution in [3.05, 3.63) is 52.4 Å². The maximum Gasteiger partial charge on any atom is 0.150 e. The molecule has 0 saturated heterocycles. The van der Waals surface area contributed by atoms with Gasteiger partial charge in [0.15, 0.2) is 5.76 Å². The summed E-state index contributed by atoms with van der Waals surface area (Å²) >= 11 is 6.13. The maximum atomic E-state index is 6.13. The van der Waals surface area contributed by atoms with Crippen molar-refractivity contribution in [3.63, 3.8) is 0 Å². The lowest BCUT2D eigenvalue weighted by molar-refractivity contribution is 0.363. The minimum Gasteiger partial charge on any atom is -0.360 e. The second kappa shape index (κ2) is 5.34. The van der Waals surface area contributed by atoms with Crippen molar-refractivity contribution in [1.29, 1.82) is 0 Å². The molecule has 0 amide bonds. The molecule has 0 bridgehead atoms. The molecule has 90 valence electrons. The van der Waals surface area contributed by atoms with Crippen molar-refractivity contribution in [2.45, 2.75) is 26.4 Å². The predicted molar refractivity (Wildman–Crippen MR) is 67.9 cm³/mol. The standard InChI is InChI=1S/C13H15ClN2O/c1-9-7-11(17-16-9)8-15-10(2)12-5-3-4-6-13(12)14/h3-7,10,15H,8H2,1-2H3. The Hall–Kier alpha value is -1.32. The van der Waals surface area contributed by atoms with Gasteiger partial charge in [0.25, 0.3) is 0 Å². The van der Waals surface area contributed by atoms with E-state index in [-0.39, 0.29) is 6.04 Å². The molecule has 3 nitrogen and oxygen atoms in total. The zero-order valence-electron chi connectivity index (χ0n) is 9.90. The van der Waals surface area contributed by atoms with Crippen LogP contribution in [0.2, 0.25) is 5.02 Å². The van der Waals surface area contributed by atoms with Gasteiger partial charge in [-0.1, -0.05) is 35.0 Å². The molecule has 0 radical (unpaired) electrons. The van der Waals surface area contributed by atoms with Crippen LogP contribution in [0.3, 0.4) is 0 Å². The van der Waals surface area contributed by atoms with E-state index >= 15 is 0 Å². The Balaban J connectivity index is 1.98. The van der Waals surface area contributed by atoms with E-state index < -0.39 is 0 Å². The highest BCUT2D eigenvalue weighted by Crippen LogP contribution is 2.22. The molecule has 1 atom stereocenters. The van der Waals surface area contributed by atoms with Gasteiger partial charge in [0.2, 0.25) is 0 Å². The summed E-state index contributed by atoms with van der Waals surface area (Å²) in [7, 11) is 0. The molecule has 1 unspecified atom stereocenters. The fraction of sp³-hybridized carbons (Fsp3) is 0.308. The van der Waals surface area contributed by atoms with Crippen LogP contribution >= 0.6 is 11.6 Å². The minimum absolute atomic E-state index is 0.175. The quantitative estimate of drug-likeness (QED) is 0.903. The van der Waals surface area contributed by atoms with E-state index in [0.717, 1.165) is 22.0 Å². The van der Waals surface area contributed by atoms with Crippen LogP contribution < -0.4 is 5.32 Å². The number of nitrogens with zero attached hydrogens (tertiary/aromatic N) is 1. The van der Waals surface area contributed by atoms with E-state index in [9.17, 15) is 0 Å². The summed E-state index contributed by atoms with van der Waals surface area (Å²) in [5.74, 6) is 0.835. The highest BCUT2D eigenvalue weighted by atomic mass is 35.5. The van der Waals surface area contributed by atoms with Crippen LogP contribution in [0, 0.1) is 6.92 Å². The summed E-state index contributed by atoms with van der Waals surface area (Å²) in [6, 6.07) is 9.93. The van der Waals surface area contributed by atoms with Gasteiger partial charge < -0.3 is 9.84 Å². The Labute approximate surface area is 106 Å². The van der Waals surface area contributed by atoms with E-state index in [0.29, 0.717) is 6.54 Å². The second-order valence-corrected chi connectivity index (χ2v) is 4.47. The molecule has 0 aliphatic rings. The van der Waals surface area contributed by atoms with E-state index in [1.54, 1.807) is 0 Å². The first-order valence-electron chi connectivity index (χ1n) is 5.57. The van der Waals surface area contributed by atoms with E-state index in [2.05, 4.69) is 17.4 Å².